The molecule has 1 amide bonds. The number of halogens is 1. The number of benzene rings is 1. The monoisotopic (exact) mass is 370 g/mol. The highest BCUT2D eigenvalue weighted by molar-refractivity contribution is 5.77. The molecule has 2 aliphatic rings. The lowest BCUT2D eigenvalue weighted by molar-refractivity contribution is -0.139. The normalized spacial score (nSPS) is 23.9. The van der Waals surface area contributed by atoms with Gasteiger partial charge >= 0.3 is 0 Å². The minimum absolute atomic E-state index is 0.174. The van der Waals surface area contributed by atoms with Crippen LogP contribution in [-0.2, 0) is 17.8 Å². The van der Waals surface area contributed by atoms with Crippen molar-refractivity contribution in [1.29, 1.82) is 0 Å². The molecule has 2 aliphatic heterocycles. The van der Waals surface area contributed by atoms with E-state index in [0.717, 1.165) is 63.2 Å². The molecule has 2 aromatic rings. The summed E-state index contributed by atoms with van der Waals surface area (Å²) in [7, 11) is 0. The van der Waals surface area contributed by atoms with Crippen LogP contribution in [0.4, 0.5) is 4.39 Å². The van der Waals surface area contributed by atoms with E-state index in [2.05, 4.69) is 14.9 Å². The van der Waals surface area contributed by atoms with E-state index < -0.39 is 0 Å². The Hall–Kier alpha value is -2.21. The molecule has 1 N–H and O–H groups in total. The smallest absolute Gasteiger partial charge is 0.222 e. The Bertz CT molecular complexity index is 778. The molecule has 5 nitrogen and oxygen atoms in total. The molecule has 2 saturated heterocycles. The third-order valence-electron chi connectivity index (χ3n) is 5.99. The molecule has 0 saturated carbocycles. The van der Waals surface area contributed by atoms with Gasteiger partial charge in [0.25, 0.3) is 0 Å². The predicted molar refractivity (Wildman–Crippen MR) is 101 cm³/mol. The molecule has 2 fully saturated rings. The van der Waals surface area contributed by atoms with E-state index in [-0.39, 0.29) is 17.1 Å². The Morgan fingerprint density at radius 1 is 1.26 bits per heavy atom. The maximum absolute atomic E-state index is 13.5. The minimum atomic E-state index is -0.174. The molecule has 0 radical (unpaired) electrons. The predicted octanol–water partition coefficient (Wildman–Crippen LogP) is 3.00. The van der Waals surface area contributed by atoms with Gasteiger partial charge in [-0.3, -0.25) is 9.69 Å². The zero-order valence-electron chi connectivity index (χ0n) is 15.7. The number of amides is 1. The second kappa shape index (κ2) is 7.80. The lowest BCUT2D eigenvalue weighted by Gasteiger charge is -2.48. The molecule has 0 unspecified atom stereocenters. The number of hydrogen-bond acceptors (Lipinski definition) is 3. The van der Waals surface area contributed by atoms with Crippen LogP contribution in [0.15, 0.2) is 36.8 Å². The SMILES string of the molecule is O=C1CC[C@@]2(CCCN(Cc3cccc(F)c3)C2)CN1CCc1cnc[nH]1. The zero-order valence-corrected chi connectivity index (χ0v) is 15.7. The number of nitrogens with zero attached hydrogens (tertiary/aromatic N) is 3. The molecular weight excluding hydrogens is 343 g/mol. The lowest BCUT2D eigenvalue weighted by Crippen LogP contribution is -2.54. The first-order chi connectivity index (χ1) is 13.1. The second-order valence-corrected chi connectivity index (χ2v) is 8.09. The number of carbonyl (C=O) groups is 1. The van der Waals surface area contributed by atoms with Crippen LogP contribution in [0.2, 0.25) is 0 Å². The van der Waals surface area contributed by atoms with Crippen LogP contribution >= 0.6 is 0 Å². The third-order valence-corrected chi connectivity index (χ3v) is 5.99. The molecule has 144 valence electrons. The number of piperidine rings is 2. The number of nitrogens with one attached hydrogen (secondary N) is 1. The Balaban J connectivity index is 1.39. The third kappa shape index (κ3) is 4.38. The molecule has 0 bridgehead atoms. The molecular formula is C21H27FN4O. The van der Waals surface area contributed by atoms with Crippen molar-refractivity contribution in [3.63, 3.8) is 0 Å². The maximum Gasteiger partial charge on any atom is 0.222 e. The van der Waals surface area contributed by atoms with Crippen LogP contribution < -0.4 is 0 Å². The summed E-state index contributed by atoms with van der Waals surface area (Å²) in [4.78, 5) is 24.1. The average Bonchev–Trinajstić information content (AvgIpc) is 3.17. The van der Waals surface area contributed by atoms with E-state index in [0.29, 0.717) is 6.42 Å². The molecule has 1 aromatic carbocycles. The standard InChI is InChI=1S/C21H27FN4O/c22-18-4-1-3-17(11-18)13-25-9-2-7-21(14-25)8-5-20(27)26(15-21)10-6-19-12-23-16-24-19/h1,3-4,11-12,16H,2,5-10,13-15H2,(H,23,24)/t21-/m1/s1. The first-order valence-electron chi connectivity index (χ1n) is 9.84. The van der Waals surface area contributed by atoms with Gasteiger partial charge in [-0.15, -0.1) is 0 Å². The maximum atomic E-state index is 13.5. The number of imidazole rings is 1. The van der Waals surface area contributed by atoms with Crippen molar-refractivity contribution < 1.29 is 9.18 Å². The van der Waals surface area contributed by atoms with Crippen molar-refractivity contribution in [2.75, 3.05) is 26.2 Å². The van der Waals surface area contributed by atoms with Gasteiger partial charge in [-0.1, -0.05) is 12.1 Å². The number of carbonyl (C=O) groups excluding carboxylic acids is 1. The van der Waals surface area contributed by atoms with Crippen LogP contribution in [0.3, 0.4) is 0 Å². The molecule has 1 atom stereocenters. The number of rotatable bonds is 5. The van der Waals surface area contributed by atoms with Gasteiger partial charge in [-0.05, 0) is 43.5 Å². The Morgan fingerprint density at radius 2 is 2.19 bits per heavy atom. The van der Waals surface area contributed by atoms with Gasteiger partial charge in [0.1, 0.15) is 5.82 Å². The summed E-state index contributed by atoms with van der Waals surface area (Å²) < 4.78 is 13.5. The van der Waals surface area contributed by atoms with Gasteiger partial charge in [-0.25, -0.2) is 9.37 Å². The Kier molecular flexibility index (Phi) is 5.25. The molecule has 4 rings (SSSR count). The summed E-state index contributed by atoms with van der Waals surface area (Å²) in [6.07, 6.45) is 8.22. The average molecular weight is 370 g/mol. The fraction of sp³-hybridized carbons (Fsp3) is 0.524. The van der Waals surface area contributed by atoms with Crippen LogP contribution in [0, 0.1) is 11.2 Å². The minimum Gasteiger partial charge on any atom is -0.348 e. The molecule has 3 heterocycles. The van der Waals surface area contributed by atoms with E-state index in [1.165, 1.54) is 12.5 Å². The van der Waals surface area contributed by atoms with E-state index in [1.54, 1.807) is 18.5 Å². The van der Waals surface area contributed by atoms with Crippen LogP contribution in [0.5, 0.6) is 0 Å². The molecule has 0 aliphatic carbocycles. The summed E-state index contributed by atoms with van der Waals surface area (Å²) in [5.41, 5.74) is 2.27. The summed E-state index contributed by atoms with van der Waals surface area (Å²) in [5.74, 6) is 0.0925. The number of H-pyrrole nitrogens is 1. The highest BCUT2D eigenvalue weighted by Crippen LogP contribution is 2.39. The topological polar surface area (TPSA) is 52.2 Å². The van der Waals surface area contributed by atoms with E-state index >= 15 is 0 Å². The van der Waals surface area contributed by atoms with Crippen LogP contribution in [-0.4, -0.2) is 51.9 Å². The highest BCUT2D eigenvalue weighted by Gasteiger charge is 2.41. The quantitative estimate of drug-likeness (QED) is 0.880. The Labute approximate surface area is 159 Å². The van der Waals surface area contributed by atoms with Gasteiger partial charge in [0.2, 0.25) is 5.91 Å². The number of hydrogen-bond donors (Lipinski definition) is 1. The fourth-order valence-corrected chi connectivity index (χ4v) is 4.65. The largest absolute Gasteiger partial charge is 0.348 e. The molecule has 27 heavy (non-hydrogen) atoms. The zero-order chi connectivity index (χ0) is 18.7. The Morgan fingerprint density at radius 3 is 3.00 bits per heavy atom. The highest BCUT2D eigenvalue weighted by atomic mass is 19.1. The van der Waals surface area contributed by atoms with Crippen molar-refractivity contribution in [1.82, 2.24) is 19.8 Å². The number of aromatic amines is 1. The van der Waals surface area contributed by atoms with Crippen LogP contribution in [0.1, 0.15) is 36.9 Å². The number of likely N-dealkylation sites (tertiary alicyclic amines) is 2. The summed E-state index contributed by atoms with van der Waals surface area (Å²) in [6.45, 7) is 4.38. The first kappa shape index (κ1) is 18.2. The fourth-order valence-electron chi connectivity index (χ4n) is 4.65. The number of aromatic nitrogens is 2. The first-order valence-corrected chi connectivity index (χ1v) is 9.84. The van der Waals surface area contributed by atoms with Crippen molar-refractivity contribution >= 4 is 5.91 Å². The lowest BCUT2D eigenvalue weighted by atomic mass is 9.73. The van der Waals surface area contributed by atoms with E-state index in [4.69, 9.17) is 0 Å². The van der Waals surface area contributed by atoms with Crippen molar-refractivity contribution in [3.8, 4) is 0 Å². The second-order valence-electron chi connectivity index (χ2n) is 8.09. The van der Waals surface area contributed by atoms with E-state index in [9.17, 15) is 9.18 Å². The summed E-state index contributed by atoms with van der Waals surface area (Å²) >= 11 is 0. The van der Waals surface area contributed by atoms with Gasteiger partial charge < -0.3 is 9.88 Å². The summed E-state index contributed by atoms with van der Waals surface area (Å²) in [6, 6.07) is 6.89. The van der Waals surface area contributed by atoms with E-state index in [1.807, 2.05) is 17.2 Å². The van der Waals surface area contributed by atoms with Crippen molar-refractivity contribution in [2.45, 2.75) is 38.6 Å². The van der Waals surface area contributed by atoms with Crippen molar-refractivity contribution in [2.24, 2.45) is 5.41 Å². The molecule has 1 aromatic heterocycles. The molecule has 1 spiro atoms. The van der Waals surface area contributed by atoms with Crippen LogP contribution in [0.25, 0.3) is 0 Å². The van der Waals surface area contributed by atoms with Gasteiger partial charge in [0.15, 0.2) is 0 Å². The van der Waals surface area contributed by atoms with Crippen molar-refractivity contribution in [3.05, 3.63) is 53.9 Å². The van der Waals surface area contributed by atoms with Gasteiger partial charge in [0.05, 0.1) is 6.33 Å². The van der Waals surface area contributed by atoms with Gasteiger partial charge in [-0.2, -0.15) is 0 Å². The summed E-state index contributed by atoms with van der Waals surface area (Å²) in [5, 5.41) is 0. The van der Waals surface area contributed by atoms with Gasteiger partial charge in [0, 0.05) is 56.3 Å². The molecule has 6 heteroatoms.